The van der Waals surface area contributed by atoms with Gasteiger partial charge in [0, 0.05) is 12.5 Å². The third-order valence-corrected chi connectivity index (χ3v) is 3.48. The Bertz CT molecular complexity index is 400. The highest BCUT2D eigenvalue weighted by molar-refractivity contribution is 5.81. The van der Waals surface area contributed by atoms with Crippen LogP contribution in [0.2, 0.25) is 0 Å². The summed E-state index contributed by atoms with van der Waals surface area (Å²) in [6, 6.07) is 10.2. The first-order valence-corrected chi connectivity index (χ1v) is 6.30. The number of carbonyl (C=O) groups is 1. The van der Waals surface area contributed by atoms with E-state index in [4.69, 9.17) is 4.74 Å². The molecule has 1 aliphatic carbocycles. The van der Waals surface area contributed by atoms with Gasteiger partial charge in [-0.3, -0.25) is 4.79 Å². The Kier molecular flexibility index (Phi) is 2.85. The summed E-state index contributed by atoms with van der Waals surface area (Å²) < 4.78 is 5.75. The third kappa shape index (κ3) is 2.34. The standard InChI is InChI=1S/C14H17NO2/c16-14(12-6-7-12)15-8-9-17-13(10-15)11-4-2-1-3-5-11/h1-5,12-13H,6-10H2. The Morgan fingerprint density at radius 1 is 1.24 bits per heavy atom. The SMILES string of the molecule is O=C(C1CC1)N1CCOC(c2ccccc2)C1. The van der Waals surface area contributed by atoms with Crippen molar-refractivity contribution in [2.24, 2.45) is 5.92 Å². The molecular weight excluding hydrogens is 214 g/mol. The number of carbonyl (C=O) groups excluding carboxylic acids is 1. The number of nitrogens with zero attached hydrogens (tertiary/aromatic N) is 1. The summed E-state index contributed by atoms with van der Waals surface area (Å²) in [5.41, 5.74) is 1.17. The zero-order chi connectivity index (χ0) is 11.7. The highest BCUT2D eigenvalue weighted by Gasteiger charge is 2.35. The lowest BCUT2D eigenvalue weighted by molar-refractivity contribution is -0.140. The van der Waals surface area contributed by atoms with E-state index in [1.807, 2.05) is 23.1 Å². The molecule has 1 atom stereocenters. The molecule has 1 heterocycles. The van der Waals surface area contributed by atoms with E-state index < -0.39 is 0 Å². The van der Waals surface area contributed by atoms with E-state index in [2.05, 4.69) is 12.1 Å². The van der Waals surface area contributed by atoms with Gasteiger partial charge in [0.1, 0.15) is 6.10 Å². The van der Waals surface area contributed by atoms with Gasteiger partial charge in [0.25, 0.3) is 0 Å². The number of ether oxygens (including phenoxy) is 1. The smallest absolute Gasteiger partial charge is 0.225 e. The van der Waals surface area contributed by atoms with E-state index in [1.165, 1.54) is 5.56 Å². The molecule has 90 valence electrons. The fourth-order valence-corrected chi connectivity index (χ4v) is 2.31. The Morgan fingerprint density at radius 3 is 2.71 bits per heavy atom. The topological polar surface area (TPSA) is 29.5 Å². The lowest BCUT2D eigenvalue weighted by atomic mass is 10.1. The Balaban J connectivity index is 1.69. The second-order valence-corrected chi connectivity index (χ2v) is 4.83. The average Bonchev–Trinajstić information content (AvgIpc) is 3.23. The third-order valence-electron chi connectivity index (χ3n) is 3.48. The van der Waals surface area contributed by atoms with Crippen LogP contribution in [0.4, 0.5) is 0 Å². The van der Waals surface area contributed by atoms with Gasteiger partial charge in [0.05, 0.1) is 13.2 Å². The molecule has 1 aromatic rings. The van der Waals surface area contributed by atoms with Crippen LogP contribution in [0.1, 0.15) is 24.5 Å². The number of benzene rings is 1. The zero-order valence-electron chi connectivity index (χ0n) is 9.84. The molecule has 0 aromatic heterocycles. The summed E-state index contributed by atoms with van der Waals surface area (Å²) in [5, 5.41) is 0. The Labute approximate surface area is 101 Å². The number of hydrogen-bond acceptors (Lipinski definition) is 2. The fraction of sp³-hybridized carbons (Fsp3) is 0.500. The van der Waals surface area contributed by atoms with Gasteiger partial charge >= 0.3 is 0 Å². The van der Waals surface area contributed by atoms with Crippen LogP contribution in [0, 0.1) is 5.92 Å². The zero-order valence-corrected chi connectivity index (χ0v) is 9.84. The molecule has 1 amide bonds. The molecule has 3 nitrogen and oxygen atoms in total. The van der Waals surface area contributed by atoms with Crippen LogP contribution >= 0.6 is 0 Å². The first-order chi connectivity index (χ1) is 8.34. The molecule has 1 unspecified atom stereocenters. The summed E-state index contributed by atoms with van der Waals surface area (Å²) >= 11 is 0. The second-order valence-electron chi connectivity index (χ2n) is 4.83. The summed E-state index contributed by atoms with van der Waals surface area (Å²) in [7, 11) is 0. The maximum Gasteiger partial charge on any atom is 0.225 e. The van der Waals surface area contributed by atoms with Gasteiger partial charge in [0.2, 0.25) is 5.91 Å². The second kappa shape index (κ2) is 4.49. The molecule has 0 spiro atoms. The highest BCUT2D eigenvalue weighted by atomic mass is 16.5. The number of amides is 1. The normalized spacial score (nSPS) is 24.7. The maximum atomic E-state index is 12.0. The number of morpholine rings is 1. The van der Waals surface area contributed by atoms with Crippen LogP contribution in [0.5, 0.6) is 0 Å². The van der Waals surface area contributed by atoms with E-state index in [0.29, 0.717) is 25.0 Å². The minimum atomic E-state index is 0.0487. The lowest BCUT2D eigenvalue weighted by Gasteiger charge is -2.33. The van der Waals surface area contributed by atoms with E-state index in [1.54, 1.807) is 0 Å². The van der Waals surface area contributed by atoms with Crippen LogP contribution in [-0.2, 0) is 9.53 Å². The summed E-state index contributed by atoms with van der Waals surface area (Å²) in [4.78, 5) is 14.0. The van der Waals surface area contributed by atoms with Crippen molar-refractivity contribution in [2.75, 3.05) is 19.7 Å². The molecule has 0 bridgehead atoms. The molecule has 0 radical (unpaired) electrons. The monoisotopic (exact) mass is 231 g/mol. The molecule has 2 fully saturated rings. The Morgan fingerprint density at radius 2 is 2.00 bits per heavy atom. The first-order valence-electron chi connectivity index (χ1n) is 6.30. The first kappa shape index (κ1) is 10.8. The predicted octanol–water partition coefficient (Wildman–Crippen LogP) is 2.00. The average molecular weight is 231 g/mol. The van der Waals surface area contributed by atoms with Crippen molar-refractivity contribution in [3.05, 3.63) is 35.9 Å². The highest BCUT2D eigenvalue weighted by Crippen LogP contribution is 2.32. The van der Waals surface area contributed by atoms with Crippen molar-refractivity contribution in [1.29, 1.82) is 0 Å². The fourth-order valence-electron chi connectivity index (χ4n) is 2.31. The molecule has 17 heavy (non-hydrogen) atoms. The largest absolute Gasteiger partial charge is 0.370 e. The van der Waals surface area contributed by atoms with E-state index >= 15 is 0 Å². The van der Waals surface area contributed by atoms with Gasteiger partial charge in [-0.1, -0.05) is 30.3 Å². The van der Waals surface area contributed by atoms with Gasteiger partial charge in [-0.05, 0) is 18.4 Å². The molecular formula is C14H17NO2. The van der Waals surface area contributed by atoms with Crippen LogP contribution in [0.25, 0.3) is 0 Å². The lowest BCUT2D eigenvalue weighted by Crippen LogP contribution is -2.42. The van der Waals surface area contributed by atoms with Gasteiger partial charge in [-0.25, -0.2) is 0 Å². The van der Waals surface area contributed by atoms with E-state index in [-0.39, 0.29) is 6.10 Å². The molecule has 1 aliphatic heterocycles. The molecule has 1 saturated carbocycles. The Hall–Kier alpha value is -1.35. The molecule has 1 aromatic carbocycles. The van der Waals surface area contributed by atoms with Gasteiger partial charge < -0.3 is 9.64 Å². The van der Waals surface area contributed by atoms with Crippen LogP contribution in [0.3, 0.4) is 0 Å². The molecule has 0 N–H and O–H groups in total. The van der Waals surface area contributed by atoms with Crippen LogP contribution < -0.4 is 0 Å². The van der Waals surface area contributed by atoms with E-state index in [0.717, 1.165) is 19.4 Å². The van der Waals surface area contributed by atoms with Gasteiger partial charge in [0.15, 0.2) is 0 Å². The minimum Gasteiger partial charge on any atom is -0.370 e. The molecule has 2 aliphatic rings. The van der Waals surface area contributed by atoms with Crippen molar-refractivity contribution in [3.63, 3.8) is 0 Å². The predicted molar refractivity (Wildman–Crippen MR) is 64.4 cm³/mol. The van der Waals surface area contributed by atoms with Crippen molar-refractivity contribution in [2.45, 2.75) is 18.9 Å². The van der Waals surface area contributed by atoms with E-state index in [9.17, 15) is 4.79 Å². The van der Waals surface area contributed by atoms with Gasteiger partial charge in [-0.15, -0.1) is 0 Å². The molecule has 3 heteroatoms. The molecule has 3 rings (SSSR count). The van der Waals surface area contributed by atoms with Crippen molar-refractivity contribution >= 4 is 5.91 Å². The van der Waals surface area contributed by atoms with Crippen LogP contribution in [-0.4, -0.2) is 30.5 Å². The van der Waals surface area contributed by atoms with Crippen molar-refractivity contribution < 1.29 is 9.53 Å². The number of hydrogen-bond donors (Lipinski definition) is 0. The van der Waals surface area contributed by atoms with Gasteiger partial charge in [-0.2, -0.15) is 0 Å². The van der Waals surface area contributed by atoms with Crippen molar-refractivity contribution in [1.82, 2.24) is 4.90 Å². The molecule has 1 saturated heterocycles. The van der Waals surface area contributed by atoms with Crippen molar-refractivity contribution in [3.8, 4) is 0 Å². The number of rotatable bonds is 2. The maximum absolute atomic E-state index is 12.0. The summed E-state index contributed by atoms with van der Waals surface area (Å²) in [5.74, 6) is 0.638. The summed E-state index contributed by atoms with van der Waals surface area (Å²) in [6.45, 7) is 2.11. The minimum absolute atomic E-state index is 0.0487. The van der Waals surface area contributed by atoms with Crippen LogP contribution in [0.15, 0.2) is 30.3 Å². The summed E-state index contributed by atoms with van der Waals surface area (Å²) in [6.07, 6.45) is 2.20. The quantitative estimate of drug-likeness (QED) is 0.779.